The topological polar surface area (TPSA) is 70.7 Å². The van der Waals surface area contributed by atoms with Gasteiger partial charge < -0.3 is 5.32 Å². The van der Waals surface area contributed by atoms with Crippen LogP contribution in [0.2, 0.25) is 0 Å². The second-order valence-corrected chi connectivity index (χ2v) is 8.21. The molecule has 5 heteroatoms. The number of aromatic amines is 1. The number of pyridine rings is 1. The van der Waals surface area contributed by atoms with Crippen molar-refractivity contribution in [1.82, 2.24) is 15.2 Å². The molecule has 2 aliphatic rings. The third-order valence-electron chi connectivity index (χ3n) is 6.40. The molecule has 1 spiro atoms. The first-order chi connectivity index (χ1) is 14.6. The van der Waals surface area contributed by atoms with Crippen molar-refractivity contribution in [2.45, 2.75) is 24.7 Å². The number of fused-ring (bicyclic) bond motifs is 3. The molecule has 1 fully saturated rings. The van der Waals surface area contributed by atoms with Gasteiger partial charge in [-0.05, 0) is 60.4 Å². The van der Waals surface area contributed by atoms with Gasteiger partial charge in [-0.1, -0.05) is 36.4 Å². The van der Waals surface area contributed by atoms with Crippen molar-refractivity contribution in [2.75, 3.05) is 5.32 Å². The van der Waals surface area contributed by atoms with Crippen LogP contribution in [0.1, 0.15) is 40.4 Å². The summed E-state index contributed by atoms with van der Waals surface area (Å²) >= 11 is 0. The molecular formula is C25H20N4O. The molecule has 0 saturated heterocycles. The van der Waals surface area contributed by atoms with E-state index in [-0.39, 0.29) is 11.8 Å². The van der Waals surface area contributed by atoms with E-state index in [0.717, 1.165) is 45.5 Å². The van der Waals surface area contributed by atoms with Crippen LogP contribution in [-0.4, -0.2) is 21.1 Å². The quantitative estimate of drug-likeness (QED) is 0.525. The number of nitrogens with zero attached hydrogens (tertiary/aromatic N) is 2. The number of amides is 1. The van der Waals surface area contributed by atoms with Crippen LogP contribution in [0.25, 0.3) is 23.1 Å². The molecule has 0 bridgehead atoms. The molecule has 2 N–H and O–H groups in total. The maximum Gasteiger partial charge on any atom is 0.235 e. The molecule has 1 aliphatic heterocycles. The first-order valence-corrected chi connectivity index (χ1v) is 10.1. The molecule has 1 aliphatic carbocycles. The van der Waals surface area contributed by atoms with Crippen molar-refractivity contribution >= 4 is 34.6 Å². The molecule has 1 amide bonds. The lowest BCUT2D eigenvalue weighted by atomic mass is 9.92. The summed E-state index contributed by atoms with van der Waals surface area (Å²) in [4.78, 5) is 17.0. The highest BCUT2D eigenvalue weighted by Gasteiger charge is 2.65. The smallest absolute Gasteiger partial charge is 0.235 e. The monoisotopic (exact) mass is 392 g/mol. The lowest BCUT2D eigenvalue weighted by Crippen LogP contribution is -2.20. The summed E-state index contributed by atoms with van der Waals surface area (Å²) in [6.07, 6.45) is 6.73. The fourth-order valence-corrected chi connectivity index (χ4v) is 4.80. The summed E-state index contributed by atoms with van der Waals surface area (Å²) in [5.41, 5.74) is 6.83. The number of aryl methyl sites for hydroxylation is 1. The SMILES string of the molecule is Cc1cc(/C=C/c2n[nH]c3cc(C4C[C@@]45C(=O)Nc4ccccc45)ccc23)ccn1. The van der Waals surface area contributed by atoms with Crippen molar-refractivity contribution in [1.29, 1.82) is 0 Å². The number of benzene rings is 2. The van der Waals surface area contributed by atoms with Crippen LogP contribution in [0.3, 0.4) is 0 Å². The predicted molar refractivity (Wildman–Crippen MR) is 118 cm³/mol. The second-order valence-electron chi connectivity index (χ2n) is 8.21. The van der Waals surface area contributed by atoms with Gasteiger partial charge in [0, 0.05) is 28.9 Å². The fraction of sp³-hybridized carbons (Fsp3) is 0.160. The van der Waals surface area contributed by atoms with Gasteiger partial charge in [-0.25, -0.2) is 0 Å². The van der Waals surface area contributed by atoms with Crippen molar-refractivity contribution in [2.24, 2.45) is 0 Å². The van der Waals surface area contributed by atoms with Gasteiger partial charge in [0.15, 0.2) is 0 Å². The van der Waals surface area contributed by atoms with Gasteiger partial charge in [0.1, 0.15) is 0 Å². The molecule has 5 nitrogen and oxygen atoms in total. The van der Waals surface area contributed by atoms with E-state index in [2.05, 4.69) is 44.8 Å². The molecule has 2 aromatic carbocycles. The summed E-state index contributed by atoms with van der Waals surface area (Å²) in [6, 6.07) is 18.4. The predicted octanol–water partition coefficient (Wildman–Crippen LogP) is 4.81. The van der Waals surface area contributed by atoms with Crippen LogP contribution in [0.5, 0.6) is 0 Å². The zero-order chi connectivity index (χ0) is 20.3. The number of hydrogen-bond donors (Lipinski definition) is 2. The number of para-hydroxylation sites is 1. The Balaban J connectivity index is 1.32. The third kappa shape index (κ3) is 2.45. The van der Waals surface area contributed by atoms with Crippen molar-refractivity contribution in [3.63, 3.8) is 0 Å². The maximum absolute atomic E-state index is 12.8. The summed E-state index contributed by atoms with van der Waals surface area (Å²) in [7, 11) is 0. The van der Waals surface area contributed by atoms with Crippen LogP contribution >= 0.6 is 0 Å². The van der Waals surface area contributed by atoms with E-state index >= 15 is 0 Å². The van der Waals surface area contributed by atoms with Crippen LogP contribution in [0.4, 0.5) is 5.69 Å². The zero-order valence-corrected chi connectivity index (χ0v) is 16.5. The second kappa shape index (κ2) is 6.13. The largest absolute Gasteiger partial charge is 0.325 e. The third-order valence-corrected chi connectivity index (χ3v) is 6.40. The standard InChI is InChI=1S/C25H20N4O/c1-15-12-16(10-11-26-15)6-9-21-18-8-7-17(13-23(18)29-28-21)20-14-25(20)19-4-2-3-5-22(19)27-24(25)30/h2-13,20H,14H2,1H3,(H,27,30)(H,28,29)/b9-6+/t20?,25-/m0/s1. The minimum atomic E-state index is -0.410. The summed E-state index contributed by atoms with van der Waals surface area (Å²) in [5.74, 6) is 0.322. The van der Waals surface area contributed by atoms with Crippen LogP contribution in [-0.2, 0) is 10.2 Å². The van der Waals surface area contributed by atoms with Gasteiger partial charge in [-0.15, -0.1) is 0 Å². The minimum Gasteiger partial charge on any atom is -0.325 e. The van der Waals surface area contributed by atoms with Crippen LogP contribution in [0, 0.1) is 6.92 Å². The van der Waals surface area contributed by atoms with E-state index in [1.807, 2.05) is 55.6 Å². The van der Waals surface area contributed by atoms with E-state index in [9.17, 15) is 4.79 Å². The Labute approximate surface area is 173 Å². The Kier molecular flexibility index (Phi) is 3.51. The summed E-state index contributed by atoms with van der Waals surface area (Å²) in [6.45, 7) is 1.98. The number of aromatic nitrogens is 3. The molecule has 4 aromatic rings. The zero-order valence-electron chi connectivity index (χ0n) is 16.5. The van der Waals surface area contributed by atoms with Gasteiger partial charge in [-0.3, -0.25) is 14.9 Å². The molecule has 3 heterocycles. The normalized spacial score (nSPS) is 22.0. The van der Waals surface area contributed by atoms with Gasteiger partial charge in [0.25, 0.3) is 0 Å². The molecular weight excluding hydrogens is 372 g/mol. The lowest BCUT2D eigenvalue weighted by molar-refractivity contribution is -0.118. The molecule has 146 valence electrons. The van der Waals surface area contributed by atoms with E-state index < -0.39 is 5.41 Å². The maximum atomic E-state index is 12.8. The minimum absolute atomic E-state index is 0.120. The number of H-pyrrole nitrogens is 1. The fourth-order valence-electron chi connectivity index (χ4n) is 4.80. The number of carbonyl (C=O) groups is 1. The highest BCUT2D eigenvalue weighted by atomic mass is 16.2. The molecule has 1 saturated carbocycles. The van der Waals surface area contributed by atoms with Crippen molar-refractivity contribution < 1.29 is 4.79 Å². The highest BCUT2D eigenvalue weighted by molar-refractivity contribution is 6.09. The Morgan fingerprint density at radius 3 is 2.90 bits per heavy atom. The van der Waals surface area contributed by atoms with Crippen molar-refractivity contribution in [3.8, 4) is 0 Å². The Bertz CT molecular complexity index is 1350. The van der Waals surface area contributed by atoms with E-state index in [4.69, 9.17) is 0 Å². The van der Waals surface area contributed by atoms with Gasteiger partial charge >= 0.3 is 0 Å². The number of anilines is 1. The van der Waals surface area contributed by atoms with Gasteiger partial charge in [0.05, 0.1) is 16.6 Å². The number of hydrogen-bond acceptors (Lipinski definition) is 3. The molecule has 2 aromatic heterocycles. The first-order valence-electron chi connectivity index (χ1n) is 10.1. The van der Waals surface area contributed by atoms with Gasteiger partial charge in [-0.2, -0.15) is 5.10 Å². The van der Waals surface area contributed by atoms with Crippen molar-refractivity contribution in [3.05, 3.63) is 88.9 Å². The summed E-state index contributed by atoms with van der Waals surface area (Å²) < 4.78 is 0. The molecule has 2 atom stereocenters. The lowest BCUT2D eigenvalue weighted by Gasteiger charge is -2.08. The average Bonchev–Trinajstić information content (AvgIpc) is 3.29. The number of carbonyl (C=O) groups excluding carboxylic acids is 1. The van der Waals surface area contributed by atoms with Crippen LogP contribution < -0.4 is 5.32 Å². The van der Waals surface area contributed by atoms with E-state index in [1.54, 1.807) is 0 Å². The van der Waals surface area contributed by atoms with Crippen LogP contribution in [0.15, 0.2) is 60.8 Å². The Morgan fingerprint density at radius 1 is 1.10 bits per heavy atom. The number of nitrogens with one attached hydrogen (secondary N) is 2. The first kappa shape index (κ1) is 17.2. The van der Waals surface area contributed by atoms with E-state index in [1.165, 1.54) is 5.56 Å². The molecule has 1 unspecified atom stereocenters. The average molecular weight is 392 g/mol. The van der Waals surface area contributed by atoms with Gasteiger partial charge in [0.2, 0.25) is 5.91 Å². The Morgan fingerprint density at radius 2 is 2.00 bits per heavy atom. The molecule has 30 heavy (non-hydrogen) atoms. The molecule has 0 radical (unpaired) electrons. The Hall–Kier alpha value is -3.73. The number of rotatable bonds is 3. The summed E-state index contributed by atoms with van der Waals surface area (Å²) in [5, 5.41) is 11.8. The molecule has 6 rings (SSSR count). The van der Waals surface area contributed by atoms with E-state index in [0.29, 0.717) is 0 Å². The highest BCUT2D eigenvalue weighted by Crippen LogP contribution is 2.64.